The minimum Gasteiger partial charge on any atom is -0.375 e. The van der Waals surface area contributed by atoms with Gasteiger partial charge in [-0.25, -0.2) is 0 Å². The predicted octanol–water partition coefficient (Wildman–Crippen LogP) is 2.25. The lowest BCUT2D eigenvalue weighted by atomic mass is 9.99. The predicted molar refractivity (Wildman–Crippen MR) is 75.1 cm³/mol. The van der Waals surface area contributed by atoms with E-state index in [9.17, 15) is 0 Å². The third-order valence-electron chi connectivity index (χ3n) is 2.91. The molecule has 0 spiro atoms. The number of nitrogens with zero attached hydrogens (tertiary/aromatic N) is 1. The van der Waals surface area contributed by atoms with Gasteiger partial charge in [-0.3, -0.25) is 5.43 Å². The summed E-state index contributed by atoms with van der Waals surface area (Å²) >= 11 is 4.78. The van der Waals surface area contributed by atoms with Crippen LogP contribution in [0.25, 0.3) is 0 Å². The van der Waals surface area contributed by atoms with Gasteiger partial charge in [0.2, 0.25) is 0 Å². The first-order valence-corrected chi connectivity index (χ1v) is 6.19. The van der Waals surface area contributed by atoms with Crippen molar-refractivity contribution in [3.63, 3.8) is 0 Å². The molecule has 1 aliphatic carbocycles. The van der Waals surface area contributed by atoms with Crippen molar-refractivity contribution >= 4 is 23.0 Å². The largest absolute Gasteiger partial charge is 0.375 e. The van der Waals surface area contributed by atoms with E-state index >= 15 is 0 Å². The van der Waals surface area contributed by atoms with Gasteiger partial charge in [-0.2, -0.15) is 5.10 Å². The molecule has 1 fully saturated rings. The number of rotatable bonds is 3. The van der Waals surface area contributed by atoms with Crippen molar-refractivity contribution in [3.05, 3.63) is 34.9 Å². The zero-order valence-electron chi connectivity index (χ0n) is 10.2. The molecule has 0 radical (unpaired) electrons. The smallest absolute Gasteiger partial charge is 0.184 e. The summed E-state index contributed by atoms with van der Waals surface area (Å²) in [6.07, 6.45) is 2.40. The number of hydrogen-bond acceptors (Lipinski definition) is 2. The van der Waals surface area contributed by atoms with Gasteiger partial charge < -0.3 is 5.73 Å². The molecule has 0 aliphatic heterocycles. The lowest BCUT2D eigenvalue weighted by molar-refractivity contribution is 0.996. The Kier molecular flexibility index (Phi) is 3.43. The maximum atomic E-state index is 5.41. The van der Waals surface area contributed by atoms with Gasteiger partial charge in [-0.05, 0) is 44.5 Å². The number of benzene rings is 1. The highest BCUT2D eigenvalue weighted by atomic mass is 32.1. The first-order valence-electron chi connectivity index (χ1n) is 5.78. The van der Waals surface area contributed by atoms with E-state index < -0.39 is 0 Å². The molecule has 4 heteroatoms. The molecule has 0 unspecified atom stereocenters. The Labute approximate surface area is 107 Å². The summed E-state index contributed by atoms with van der Waals surface area (Å²) in [7, 11) is 0. The molecule has 0 atom stereocenters. The van der Waals surface area contributed by atoms with Gasteiger partial charge in [0.05, 0.1) is 5.71 Å². The number of thiocarbonyl (C=S) groups is 1. The maximum absolute atomic E-state index is 5.41. The van der Waals surface area contributed by atoms with Gasteiger partial charge in [-0.15, -0.1) is 0 Å². The number of hydrogen-bond donors (Lipinski definition) is 2. The summed E-state index contributed by atoms with van der Waals surface area (Å²) in [5.74, 6) is 0.554. The van der Waals surface area contributed by atoms with Gasteiger partial charge >= 0.3 is 0 Å². The Bertz CT molecular complexity index is 476. The Hall–Kier alpha value is -1.42. The minimum absolute atomic E-state index is 0.216. The first-order chi connectivity index (χ1) is 8.08. The molecule has 1 saturated carbocycles. The molecular weight excluding hydrogens is 230 g/mol. The van der Waals surface area contributed by atoms with E-state index in [1.807, 2.05) is 0 Å². The first kappa shape index (κ1) is 12.0. The lowest BCUT2D eigenvalue weighted by Crippen LogP contribution is -2.26. The van der Waals surface area contributed by atoms with E-state index in [1.165, 1.54) is 29.5 Å². The number of nitrogens with one attached hydrogen (secondary N) is 1. The van der Waals surface area contributed by atoms with E-state index in [0.717, 1.165) is 5.71 Å². The van der Waals surface area contributed by atoms with Crippen molar-refractivity contribution in [1.82, 2.24) is 5.43 Å². The average Bonchev–Trinajstić information content (AvgIpc) is 3.04. The molecule has 1 aromatic carbocycles. The fourth-order valence-electron chi connectivity index (χ4n) is 1.94. The van der Waals surface area contributed by atoms with Crippen LogP contribution in [0, 0.1) is 19.8 Å². The molecule has 0 heterocycles. The van der Waals surface area contributed by atoms with Gasteiger partial charge in [0.1, 0.15) is 0 Å². The van der Waals surface area contributed by atoms with Crippen molar-refractivity contribution in [2.24, 2.45) is 16.8 Å². The van der Waals surface area contributed by atoms with Gasteiger partial charge in [0.15, 0.2) is 5.11 Å². The third kappa shape index (κ3) is 3.03. The number of nitrogens with two attached hydrogens (primary N) is 1. The molecule has 1 aromatic rings. The van der Waals surface area contributed by atoms with Crippen LogP contribution in [0.2, 0.25) is 0 Å². The van der Waals surface area contributed by atoms with Gasteiger partial charge in [0, 0.05) is 11.5 Å². The van der Waals surface area contributed by atoms with Crippen molar-refractivity contribution in [2.75, 3.05) is 0 Å². The fraction of sp³-hybridized carbons (Fsp3) is 0.385. The van der Waals surface area contributed by atoms with Crippen molar-refractivity contribution in [3.8, 4) is 0 Å². The van der Waals surface area contributed by atoms with Crippen LogP contribution in [0.4, 0.5) is 0 Å². The normalized spacial score (nSPS) is 15.8. The van der Waals surface area contributed by atoms with Crippen LogP contribution < -0.4 is 11.2 Å². The molecule has 0 bridgehead atoms. The highest BCUT2D eigenvalue weighted by Gasteiger charge is 2.29. The Morgan fingerprint density at radius 1 is 1.41 bits per heavy atom. The highest BCUT2D eigenvalue weighted by Crippen LogP contribution is 2.34. The maximum Gasteiger partial charge on any atom is 0.184 e. The van der Waals surface area contributed by atoms with Crippen LogP contribution in [0.3, 0.4) is 0 Å². The second-order valence-corrected chi connectivity index (χ2v) is 5.01. The second-order valence-electron chi connectivity index (χ2n) is 4.57. The topological polar surface area (TPSA) is 50.4 Å². The number of hydrazone groups is 1. The van der Waals surface area contributed by atoms with Crippen LogP contribution in [0.1, 0.15) is 29.5 Å². The fourth-order valence-corrected chi connectivity index (χ4v) is 1.99. The van der Waals surface area contributed by atoms with Gasteiger partial charge in [0.25, 0.3) is 0 Å². The molecular formula is C13H17N3S. The molecule has 1 aliphatic rings. The quantitative estimate of drug-likeness (QED) is 0.489. The highest BCUT2D eigenvalue weighted by molar-refractivity contribution is 7.80. The van der Waals surface area contributed by atoms with E-state index in [4.69, 9.17) is 18.0 Å². The van der Waals surface area contributed by atoms with Crippen LogP contribution in [-0.2, 0) is 0 Å². The second kappa shape index (κ2) is 4.84. The summed E-state index contributed by atoms with van der Waals surface area (Å²) < 4.78 is 0. The summed E-state index contributed by atoms with van der Waals surface area (Å²) in [6.45, 7) is 4.21. The molecule has 17 heavy (non-hydrogen) atoms. The Morgan fingerprint density at radius 2 is 2.12 bits per heavy atom. The van der Waals surface area contributed by atoms with Crippen LogP contribution >= 0.6 is 12.2 Å². The van der Waals surface area contributed by atoms with E-state index in [1.54, 1.807) is 0 Å². The van der Waals surface area contributed by atoms with Crippen LogP contribution in [-0.4, -0.2) is 10.8 Å². The van der Waals surface area contributed by atoms with Crippen molar-refractivity contribution in [1.29, 1.82) is 0 Å². The van der Waals surface area contributed by atoms with E-state index in [-0.39, 0.29) is 5.11 Å². The molecule has 90 valence electrons. The molecule has 3 nitrogen and oxygen atoms in total. The average molecular weight is 247 g/mol. The van der Waals surface area contributed by atoms with E-state index in [0.29, 0.717) is 5.92 Å². The summed E-state index contributed by atoms with van der Waals surface area (Å²) in [6, 6.07) is 6.41. The standard InChI is InChI=1S/C13H17N3S/c1-8-3-6-11(9(2)7-8)12(10-4-5-10)15-16-13(14)17/h3,6-7,10H,4-5H2,1-2H3,(H3,14,16,17). The lowest BCUT2D eigenvalue weighted by Gasteiger charge is -2.10. The van der Waals surface area contributed by atoms with Crippen molar-refractivity contribution in [2.45, 2.75) is 26.7 Å². The van der Waals surface area contributed by atoms with Crippen LogP contribution in [0.15, 0.2) is 23.3 Å². The van der Waals surface area contributed by atoms with Crippen LogP contribution in [0.5, 0.6) is 0 Å². The summed E-state index contributed by atoms with van der Waals surface area (Å²) in [5.41, 5.74) is 12.9. The zero-order valence-corrected chi connectivity index (χ0v) is 11.0. The molecule has 0 amide bonds. The molecule has 0 aromatic heterocycles. The monoisotopic (exact) mass is 247 g/mol. The molecule has 2 rings (SSSR count). The molecule has 3 N–H and O–H groups in total. The molecule has 0 saturated heterocycles. The van der Waals surface area contributed by atoms with E-state index in [2.05, 4.69) is 42.6 Å². The summed E-state index contributed by atoms with van der Waals surface area (Å²) in [5, 5.41) is 4.56. The van der Waals surface area contributed by atoms with Gasteiger partial charge in [-0.1, -0.05) is 23.8 Å². The Morgan fingerprint density at radius 3 is 2.65 bits per heavy atom. The Balaban J connectivity index is 2.32. The summed E-state index contributed by atoms with van der Waals surface area (Å²) in [4.78, 5) is 0. The zero-order chi connectivity index (χ0) is 12.4. The minimum atomic E-state index is 0.216. The van der Waals surface area contributed by atoms with Crippen molar-refractivity contribution < 1.29 is 0 Å². The number of aryl methyl sites for hydroxylation is 2. The SMILES string of the molecule is Cc1ccc(C(=NNC(N)=S)C2CC2)c(C)c1. The third-order valence-corrected chi connectivity index (χ3v) is 3.00.